The number of nitrogens with zero attached hydrogens (tertiary/aromatic N) is 1. The monoisotopic (exact) mass is 297 g/mol. The number of rotatable bonds is 0. The van der Waals surface area contributed by atoms with Gasteiger partial charge in [-0.25, -0.2) is 0 Å². The molecule has 2 rings (SSSR count). The van der Waals surface area contributed by atoms with E-state index in [1.165, 1.54) is 0 Å². The standard InChI is InChI=1S/C9H14NO.F6P/c1-10(2)7-3-4-8(10)6-9(11)5-7;1-7(2,3,4,5)6/h3-4,7-8H,5-6H2,1-2H3;/q+1;-1. The van der Waals surface area contributed by atoms with Crippen molar-refractivity contribution in [2.45, 2.75) is 24.9 Å². The minimum atomic E-state index is -10.7. The van der Waals surface area contributed by atoms with E-state index in [-0.39, 0.29) is 0 Å². The third kappa shape index (κ3) is 5.35. The van der Waals surface area contributed by atoms with Gasteiger partial charge in [-0.15, -0.1) is 0 Å². The number of quaternary nitrogens is 1. The predicted molar refractivity (Wildman–Crippen MR) is 56.6 cm³/mol. The molecule has 2 heterocycles. The van der Waals surface area contributed by atoms with Gasteiger partial charge in [0.05, 0.1) is 26.9 Å². The van der Waals surface area contributed by atoms with Crippen molar-refractivity contribution in [2.75, 3.05) is 14.1 Å². The molecule has 0 aromatic carbocycles. The van der Waals surface area contributed by atoms with Crippen LogP contribution in [0.2, 0.25) is 0 Å². The average molecular weight is 297 g/mol. The summed E-state index contributed by atoms with van der Waals surface area (Å²) in [4.78, 5) is 11.2. The third-order valence-electron chi connectivity index (χ3n) is 3.14. The Labute approximate surface area is 100 Å². The Morgan fingerprint density at radius 2 is 1.28 bits per heavy atom. The van der Waals surface area contributed by atoms with E-state index in [1.54, 1.807) is 0 Å². The van der Waals surface area contributed by atoms with Crippen molar-refractivity contribution in [3.8, 4) is 0 Å². The van der Waals surface area contributed by atoms with E-state index in [0.717, 1.165) is 17.3 Å². The van der Waals surface area contributed by atoms with E-state index in [4.69, 9.17) is 0 Å². The molecule has 18 heavy (non-hydrogen) atoms. The van der Waals surface area contributed by atoms with Gasteiger partial charge in [0, 0.05) is 0 Å². The van der Waals surface area contributed by atoms with Gasteiger partial charge in [0.25, 0.3) is 0 Å². The number of hydrogen-bond acceptors (Lipinski definition) is 1. The summed E-state index contributed by atoms with van der Waals surface area (Å²) in [5.41, 5.74) is 0. The number of likely N-dealkylation sites (N-methyl/N-ethyl adjacent to an activating group) is 1. The molecular weight excluding hydrogens is 283 g/mol. The van der Waals surface area contributed by atoms with Crippen LogP contribution in [0.1, 0.15) is 12.8 Å². The number of piperidine rings is 1. The molecule has 0 aliphatic carbocycles. The third-order valence-corrected chi connectivity index (χ3v) is 3.14. The maximum atomic E-state index is 11.2. The van der Waals surface area contributed by atoms with Crippen LogP contribution < -0.4 is 0 Å². The minimum absolute atomic E-state index is 0.433. The van der Waals surface area contributed by atoms with Crippen LogP contribution in [-0.4, -0.2) is 36.4 Å². The molecule has 108 valence electrons. The fourth-order valence-corrected chi connectivity index (χ4v) is 2.10. The maximum absolute atomic E-state index is 11.2. The normalized spacial score (nSPS) is 33.2. The number of halogens is 6. The van der Waals surface area contributed by atoms with Crippen LogP contribution in [0.25, 0.3) is 0 Å². The summed E-state index contributed by atoms with van der Waals surface area (Å²) in [5.74, 6) is 0.433. The summed E-state index contributed by atoms with van der Waals surface area (Å²) >= 11 is 0. The summed E-state index contributed by atoms with van der Waals surface area (Å²) in [6, 6.07) is 0.919. The van der Waals surface area contributed by atoms with Gasteiger partial charge >= 0.3 is 33.0 Å². The van der Waals surface area contributed by atoms with Crippen molar-refractivity contribution in [1.29, 1.82) is 0 Å². The van der Waals surface area contributed by atoms with Crippen molar-refractivity contribution >= 4 is 13.6 Å². The van der Waals surface area contributed by atoms with Gasteiger partial charge in [0.1, 0.15) is 17.9 Å². The van der Waals surface area contributed by atoms with Crippen molar-refractivity contribution in [1.82, 2.24) is 0 Å². The zero-order valence-electron chi connectivity index (χ0n) is 9.79. The Morgan fingerprint density at radius 1 is 1.00 bits per heavy atom. The zero-order valence-corrected chi connectivity index (χ0v) is 10.7. The first kappa shape index (κ1) is 15.4. The van der Waals surface area contributed by atoms with Crippen LogP contribution in [-0.2, 0) is 4.79 Å². The van der Waals surface area contributed by atoms with E-state index in [9.17, 15) is 30.0 Å². The number of ketones is 1. The van der Waals surface area contributed by atoms with Crippen LogP contribution in [0.15, 0.2) is 12.2 Å². The molecular formula is C9H14F6NOP. The molecule has 0 aromatic rings. The molecule has 9 heteroatoms. The molecule has 2 bridgehead atoms. The first-order chi connectivity index (χ1) is 7.55. The summed E-state index contributed by atoms with van der Waals surface area (Å²) < 4.78 is 60.2. The van der Waals surface area contributed by atoms with Crippen LogP contribution in [0, 0.1) is 0 Å². The molecule has 2 aliphatic rings. The van der Waals surface area contributed by atoms with Crippen LogP contribution in [0.5, 0.6) is 0 Å². The van der Waals surface area contributed by atoms with Crippen molar-refractivity contribution < 1.29 is 34.5 Å². The first-order valence-corrected chi connectivity index (χ1v) is 7.18. The summed E-state index contributed by atoms with van der Waals surface area (Å²) in [6.45, 7) is 0. The Morgan fingerprint density at radius 3 is 1.56 bits per heavy atom. The van der Waals surface area contributed by atoms with Gasteiger partial charge in [-0.2, -0.15) is 0 Å². The Bertz CT molecular complexity index is 366. The van der Waals surface area contributed by atoms with Crippen molar-refractivity contribution in [2.24, 2.45) is 0 Å². The molecule has 2 nitrogen and oxygen atoms in total. The molecule has 0 radical (unpaired) electrons. The van der Waals surface area contributed by atoms with Crippen LogP contribution in [0.4, 0.5) is 25.2 Å². The zero-order chi connectivity index (χ0) is 14.5. The Hall–Kier alpha value is -0.620. The molecule has 2 aliphatic heterocycles. The number of fused-ring (bicyclic) bond motifs is 2. The second-order valence-electron chi connectivity index (χ2n) is 5.05. The fourth-order valence-electron chi connectivity index (χ4n) is 2.10. The van der Waals surface area contributed by atoms with E-state index in [2.05, 4.69) is 26.2 Å². The van der Waals surface area contributed by atoms with E-state index in [1.807, 2.05) is 0 Å². The second-order valence-corrected chi connectivity index (χ2v) is 6.97. The SMILES string of the molecule is C[N+]1(C)C2C=CC1CC(=O)C2.F[P-](F)(F)(F)(F)F. The molecule has 0 amide bonds. The summed E-state index contributed by atoms with van der Waals surface area (Å²) in [6.07, 6.45) is 5.91. The molecule has 0 spiro atoms. The van der Waals surface area contributed by atoms with E-state index < -0.39 is 7.81 Å². The van der Waals surface area contributed by atoms with Crippen LogP contribution in [0.3, 0.4) is 0 Å². The average Bonchev–Trinajstić information content (AvgIpc) is 2.27. The van der Waals surface area contributed by atoms with Gasteiger partial charge in [-0.05, 0) is 12.2 Å². The first-order valence-electron chi connectivity index (χ1n) is 5.15. The summed E-state index contributed by atoms with van der Waals surface area (Å²) in [5, 5.41) is 0. The Kier molecular flexibility index (Phi) is 2.98. The van der Waals surface area contributed by atoms with Crippen molar-refractivity contribution in [3.63, 3.8) is 0 Å². The van der Waals surface area contributed by atoms with Gasteiger partial charge in [-0.3, -0.25) is 4.79 Å². The molecule has 0 aromatic heterocycles. The van der Waals surface area contributed by atoms with Crippen LogP contribution >= 0.6 is 7.81 Å². The predicted octanol–water partition coefficient (Wildman–Crippen LogP) is 4.12. The van der Waals surface area contributed by atoms with E-state index >= 15 is 0 Å². The summed E-state index contributed by atoms with van der Waals surface area (Å²) in [7, 11) is -6.24. The number of Topliss-reactive ketones (excluding diaryl/α,β-unsaturated/α-hetero) is 1. The fraction of sp³-hybridized carbons (Fsp3) is 0.667. The number of carbonyl (C=O) groups is 1. The molecule has 2 unspecified atom stereocenters. The van der Waals surface area contributed by atoms with Crippen molar-refractivity contribution in [3.05, 3.63) is 12.2 Å². The van der Waals surface area contributed by atoms with Gasteiger partial charge in [-0.1, -0.05) is 0 Å². The van der Waals surface area contributed by atoms with E-state index in [0.29, 0.717) is 17.9 Å². The topological polar surface area (TPSA) is 17.1 Å². The molecule has 2 atom stereocenters. The second kappa shape index (κ2) is 3.48. The quantitative estimate of drug-likeness (QED) is 0.284. The molecule has 0 N–H and O–H groups in total. The Balaban J connectivity index is 0.000000203. The number of hydrogen-bond donors (Lipinski definition) is 0. The number of carbonyl (C=O) groups excluding carboxylic acids is 1. The van der Waals surface area contributed by atoms with Gasteiger partial charge < -0.3 is 4.48 Å². The molecule has 0 saturated carbocycles. The molecule has 1 fully saturated rings. The molecule has 1 saturated heterocycles. The van der Waals surface area contributed by atoms with Gasteiger partial charge in [0.15, 0.2) is 0 Å². The van der Waals surface area contributed by atoms with Gasteiger partial charge in [0.2, 0.25) is 0 Å².